The first-order valence-corrected chi connectivity index (χ1v) is 4.14. The summed E-state index contributed by atoms with van der Waals surface area (Å²) in [6, 6.07) is 7.01. The van der Waals surface area contributed by atoms with E-state index in [4.69, 9.17) is 4.89 Å². The molecule has 0 saturated heterocycles. The van der Waals surface area contributed by atoms with Gasteiger partial charge in [-0.05, 0) is 29.2 Å². The lowest BCUT2D eigenvalue weighted by atomic mass is 10.2. The Bertz CT molecular complexity index is 258. The average Bonchev–Trinajstić information content (AvgIpc) is 1.88. The molecule has 0 aliphatic carbocycles. The summed E-state index contributed by atoms with van der Waals surface area (Å²) in [4.78, 5) is 8.66. The van der Waals surface area contributed by atoms with E-state index in [0.29, 0.717) is 5.30 Å². The maximum Gasteiger partial charge on any atom is 0.546 e. The van der Waals surface area contributed by atoms with E-state index in [1.807, 2.05) is 13.0 Å². The number of hydrogen-bond acceptors (Lipinski definition) is 1. The zero-order chi connectivity index (χ0) is 7.56. The number of rotatable bonds is 1. The Morgan fingerprint density at radius 1 is 1.50 bits per heavy atom. The fraction of sp³-hybridized carbons (Fsp3) is 0.143. The molecule has 0 aliphatic rings. The predicted molar refractivity (Wildman–Crippen MR) is 40.6 cm³/mol. The van der Waals surface area contributed by atoms with Crippen molar-refractivity contribution in [3.05, 3.63) is 29.8 Å². The van der Waals surface area contributed by atoms with E-state index < -0.39 is 8.03 Å². The van der Waals surface area contributed by atoms with Crippen molar-refractivity contribution < 1.29 is 9.46 Å². The molecule has 0 radical (unpaired) electrons. The Balaban J connectivity index is 3.07. The van der Waals surface area contributed by atoms with Gasteiger partial charge in [0.15, 0.2) is 0 Å². The van der Waals surface area contributed by atoms with Crippen molar-refractivity contribution in [3.8, 4) is 0 Å². The summed E-state index contributed by atoms with van der Waals surface area (Å²) in [6.45, 7) is 1.89. The molecule has 0 aliphatic heterocycles. The normalized spacial score (nSPS) is 11.2. The standard InChI is InChI=1S/C7H7O2P/c1-6-3-2-4-7(5-6)10(8)9/h2-5H,1H3/p+1. The molecule has 52 valence electrons. The average molecular weight is 155 g/mol. The summed E-state index contributed by atoms with van der Waals surface area (Å²) in [5.74, 6) is 0. The van der Waals surface area contributed by atoms with Gasteiger partial charge in [-0.1, -0.05) is 12.1 Å². The predicted octanol–water partition coefficient (Wildman–Crippen LogP) is 1.36. The molecule has 0 heterocycles. The van der Waals surface area contributed by atoms with E-state index in [1.54, 1.807) is 18.2 Å². The lowest BCUT2D eigenvalue weighted by Crippen LogP contribution is -1.94. The van der Waals surface area contributed by atoms with E-state index in [0.717, 1.165) is 5.56 Å². The van der Waals surface area contributed by atoms with Gasteiger partial charge in [-0.25, -0.2) is 0 Å². The van der Waals surface area contributed by atoms with Crippen molar-refractivity contribution in [1.82, 2.24) is 0 Å². The molecule has 10 heavy (non-hydrogen) atoms. The van der Waals surface area contributed by atoms with E-state index >= 15 is 0 Å². The van der Waals surface area contributed by atoms with Gasteiger partial charge >= 0.3 is 8.03 Å². The summed E-state index contributed by atoms with van der Waals surface area (Å²) in [5.41, 5.74) is 1.01. The van der Waals surface area contributed by atoms with Crippen LogP contribution in [0.2, 0.25) is 0 Å². The minimum Gasteiger partial charge on any atom is -0.156 e. The second kappa shape index (κ2) is 2.91. The van der Waals surface area contributed by atoms with Gasteiger partial charge in [0, 0.05) is 0 Å². The Morgan fingerprint density at radius 3 is 2.60 bits per heavy atom. The van der Waals surface area contributed by atoms with Crippen molar-refractivity contribution in [2.75, 3.05) is 0 Å². The zero-order valence-corrected chi connectivity index (χ0v) is 6.51. The van der Waals surface area contributed by atoms with Gasteiger partial charge < -0.3 is 0 Å². The van der Waals surface area contributed by atoms with Gasteiger partial charge in [0.1, 0.15) is 0 Å². The fourth-order valence-corrected chi connectivity index (χ4v) is 1.27. The molecule has 1 unspecified atom stereocenters. The van der Waals surface area contributed by atoms with Crippen LogP contribution in [0, 0.1) is 6.92 Å². The third kappa shape index (κ3) is 1.63. The molecule has 1 N–H and O–H groups in total. The highest BCUT2D eigenvalue weighted by molar-refractivity contribution is 7.47. The van der Waals surface area contributed by atoms with E-state index in [1.165, 1.54) is 0 Å². The molecule has 1 aromatic carbocycles. The molecule has 2 nitrogen and oxygen atoms in total. The van der Waals surface area contributed by atoms with Crippen LogP contribution in [0.1, 0.15) is 5.56 Å². The third-order valence-electron chi connectivity index (χ3n) is 1.22. The molecule has 1 rings (SSSR count). The highest BCUT2D eigenvalue weighted by Gasteiger charge is 2.14. The molecule has 0 aromatic heterocycles. The van der Waals surface area contributed by atoms with Crippen LogP contribution in [0.25, 0.3) is 0 Å². The van der Waals surface area contributed by atoms with E-state index in [9.17, 15) is 4.57 Å². The molecule has 0 saturated carbocycles. The summed E-state index contributed by atoms with van der Waals surface area (Å²) < 4.78 is 10.5. The lowest BCUT2D eigenvalue weighted by Gasteiger charge is -1.85. The maximum atomic E-state index is 10.5. The lowest BCUT2D eigenvalue weighted by molar-refractivity contribution is 0.513. The molecule has 0 amide bonds. The summed E-state index contributed by atoms with van der Waals surface area (Å²) in [6.07, 6.45) is 0. The largest absolute Gasteiger partial charge is 0.546 e. The van der Waals surface area contributed by atoms with Gasteiger partial charge in [0.25, 0.3) is 0 Å². The topological polar surface area (TPSA) is 37.3 Å². The van der Waals surface area contributed by atoms with Crippen molar-refractivity contribution >= 4 is 13.3 Å². The number of aryl methyl sites for hydroxylation is 1. The quantitative estimate of drug-likeness (QED) is 0.621. The summed E-state index contributed by atoms with van der Waals surface area (Å²) in [5, 5.41) is 0.495. The Kier molecular flexibility index (Phi) is 2.15. The molecule has 1 aromatic rings. The Hall–Kier alpha value is -0.720. The molecule has 0 fully saturated rings. The molecule has 0 spiro atoms. The van der Waals surface area contributed by atoms with Crippen LogP contribution in [0.3, 0.4) is 0 Å². The molecular formula is C7H8O2P+. The Morgan fingerprint density at radius 2 is 2.20 bits per heavy atom. The number of benzene rings is 1. The molecule has 3 heteroatoms. The van der Waals surface area contributed by atoms with Gasteiger partial charge in [0.2, 0.25) is 5.30 Å². The summed E-state index contributed by atoms with van der Waals surface area (Å²) >= 11 is 0. The van der Waals surface area contributed by atoms with E-state index in [2.05, 4.69) is 0 Å². The van der Waals surface area contributed by atoms with Crippen LogP contribution in [-0.4, -0.2) is 4.89 Å². The van der Waals surface area contributed by atoms with Crippen LogP contribution >= 0.6 is 8.03 Å². The summed E-state index contributed by atoms with van der Waals surface area (Å²) in [7, 11) is -2.16. The first kappa shape index (κ1) is 7.39. The van der Waals surface area contributed by atoms with Crippen LogP contribution in [0.15, 0.2) is 24.3 Å². The smallest absolute Gasteiger partial charge is 0.156 e. The van der Waals surface area contributed by atoms with E-state index in [-0.39, 0.29) is 0 Å². The van der Waals surface area contributed by atoms with Crippen LogP contribution < -0.4 is 5.30 Å². The van der Waals surface area contributed by atoms with Gasteiger partial charge in [0.05, 0.1) is 0 Å². The van der Waals surface area contributed by atoms with Crippen LogP contribution in [0.4, 0.5) is 0 Å². The van der Waals surface area contributed by atoms with Crippen LogP contribution in [0.5, 0.6) is 0 Å². The Labute approximate surface area is 60.4 Å². The minimum absolute atomic E-state index is 0.495. The van der Waals surface area contributed by atoms with Crippen LogP contribution in [-0.2, 0) is 4.57 Å². The maximum absolute atomic E-state index is 10.5. The monoisotopic (exact) mass is 155 g/mol. The molecule has 0 bridgehead atoms. The SMILES string of the molecule is Cc1cccc([P+](=O)O)c1. The van der Waals surface area contributed by atoms with Crippen molar-refractivity contribution in [3.63, 3.8) is 0 Å². The van der Waals surface area contributed by atoms with Crippen molar-refractivity contribution in [2.24, 2.45) is 0 Å². The highest BCUT2D eigenvalue weighted by Crippen LogP contribution is 2.12. The van der Waals surface area contributed by atoms with Crippen molar-refractivity contribution in [1.29, 1.82) is 0 Å². The first-order chi connectivity index (χ1) is 4.70. The first-order valence-electron chi connectivity index (χ1n) is 2.93. The van der Waals surface area contributed by atoms with Gasteiger partial charge in [-0.2, -0.15) is 4.89 Å². The van der Waals surface area contributed by atoms with Crippen molar-refractivity contribution in [2.45, 2.75) is 6.92 Å². The van der Waals surface area contributed by atoms with Gasteiger partial charge in [-0.15, -0.1) is 0 Å². The minimum atomic E-state index is -2.16. The molecular weight excluding hydrogens is 147 g/mol. The highest BCUT2D eigenvalue weighted by atomic mass is 31.1. The van der Waals surface area contributed by atoms with Gasteiger partial charge in [-0.3, -0.25) is 0 Å². The zero-order valence-electron chi connectivity index (χ0n) is 5.61. The fourth-order valence-electron chi connectivity index (χ4n) is 0.747. The number of hydrogen-bond donors (Lipinski definition) is 1. The second-order valence-corrected chi connectivity index (χ2v) is 3.17. The molecule has 1 atom stereocenters. The second-order valence-electron chi connectivity index (χ2n) is 2.11. The third-order valence-corrected chi connectivity index (χ3v) is 1.94.